The van der Waals surface area contributed by atoms with Gasteiger partial charge in [0.1, 0.15) is 11.5 Å². The van der Waals surface area contributed by atoms with Gasteiger partial charge >= 0.3 is 6.18 Å². The molecular formula is C13H8BrF4N3O. The van der Waals surface area contributed by atoms with Crippen LogP contribution in [-0.4, -0.2) is 9.55 Å². The number of hydrogen-bond donors (Lipinski definition) is 1. The Balaban J connectivity index is 2.88. The zero-order valence-corrected chi connectivity index (χ0v) is 12.4. The first-order valence-electron chi connectivity index (χ1n) is 5.74. The Morgan fingerprint density at radius 3 is 2.50 bits per heavy atom. The maximum Gasteiger partial charge on any atom is 0.435 e. The summed E-state index contributed by atoms with van der Waals surface area (Å²) in [6, 6.07) is 3.64. The smallest absolute Gasteiger partial charge is 0.392 e. The quantitative estimate of drug-likeness (QED) is 0.814. The van der Waals surface area contributed by atoms with Crippen LogP contribution in [0.25, 0.3) is 17.6 Å². The van der Waals surface area contributed by atoms with Crippen molar-refractivity contribution in [1.29, 1.82) is 0 Å². The van der Waals surface area contributed by atoms with Crippen molar-refractivity contribution in [2.45, 2.75) is 6.18 Å². The molecule has 1 heterocycles. The minimum Gasteiger partial charge on any atom is -0.392 e. The van der Waals surface area contributed by atoms with E-state index >= 15 is 0 Å². The Kier molecular flexibility index (Phi) is 4.10. The molecule has 116 valence electrons. The average Bonchev–Trinajstić information content (AvgIpc) is 2.40. The van der Waals surface area contributed by atoms with Crippen LogP contribution >= 0.6 is 15.9 Å². The van der Waals surface area contributed by atoms with Gasteiger partial charge in [-0.25, -0.2) is 9.37 Å². The second kappa shape index (κ2) is 5.56. The monoisotopic (exact) mass is 377 g/mol. The van der Waals surface area contributed by atoms with Crippen molar-refractivity contribution in [2.75, 3.05) is 5.73 Å². The first-order valence-corrected chi connectivity index (χ1v) is 6.53. The van der Waals surface area contributed by atoms with Crippen LogP contribution in [0, 0.1) is 5.82 Å². The topological polar surface area (TPSA) is 60.9 Å². The highest BCUT2D eigenvalue weighted by atomic mass is 79.9. The van der Waals surface area contributed by atoms with Crippen molar-refractivity contribution in [2.24, 2.45) is 0 Å². The number of hydrogen-bond acceptors (Lipinski definition) is 3. The van der Waals surface area contributed by atoms with Gasteiger partial charge in [0.2, 0.25) is 0 Å². The molecule has 0 aliphatic rings. The van der Waals surface area contributed by atoms with Crippen LogP contribution in [0.3, 0.4) is 0 Å². The Hall–Kier alpha value is -2.16. The minimum atomic E-state index is -4.94. The number of aromatic nitrogens is 2. The number of nitrogens with two attached hydrogens (primary N) is 1. The Labute approximate surface area is 130 Å². The number of rotatable bonds is 2. The average molecular weight is 378 g/mol. The van der Waals surface area contributed by atoms with Gasteiger partial charge in [0.25, 0.3) is 5.56 Å². The third-order valence-corrected chi connectivity index (χ3v) is 3.27. The van der Waals surface area contributed by atoms with Crippen LogP contribution in [0.5, 0.6) is 0 Å². The van der Waals surface area contributed by atoms with Crippen LogP contribution in [0.4, 0.5) is 23.2 Å². The van der Waals surface area contributed by atoms with Crippen molar-refractivity contribution < 1.29 is 17.6 Å². The lowest BCUT2D eigenvalue weighted by molar-refractivity contribution is -0.140. The molecular weight excluding hydrogens is 370 g/mol. The van der Waals surface area contributed by atoms with Gasteiger partial charge in [0.15, 0.2) is 11.5 Å². The first kappa shape index (κ1) is 16.2. The second-order valence-corrected chi connectivity index (χ2v) is 5.09. The molecule has 0 atom stereocenters. The lowest BCUT2D eigenvalue weighted by atomic mass is 10.2. The first-order chi connectivity index (χ1) is 10.2. The van der Waals surface area contributed by atoms with Crippen LogP contribution in [0.15, 0.2) is 34.0 Å². The summed E-state index contributed by atoms with van der Waals surface area (Å²) in [7, 11) is 0. The molecule has 1 aromatic heterocycles. The third-order valence-electron chi connectivity index (χ3n) is 2.77. The predicted molar refractivity (Wildman–Crippen MR) is 77.4 cm³/mol. The van der Waals surface area contributed by atoms with E-state index in [-0.39, 0.29) is 5.56 Å². The number of halogens is 5. The normalized spacial score (nSPS) is 11.5. The van der Waals surface area contributed by atoms with Crippen molar-refractivity contribution in [3.05, 3.63) is 51.1 Å². The standard InChI is InChI=1S/C13H8BrF4N3O/c1-2-21-11(7-4-3-6(14)5-8(7)15)20-10(13(16,17)18)9(19)12(21)22/h2-5H,1,19H2. The molecule has 0 unspecified atom stereocenters. The number of anilines is 1. The van der Waals surface area contributed by atoms with E-state index in [1.807, 2.05) is 0 Å². The van der Waals surface area contributed by atoms with E-state index in [0.29, 0.717) is 9.04 Å². The van der Waals surface area contributed by atoms with E-state index in [4.69, 9.17) is 5.73 Å². The third kappa shape index (κ3) is 2.76. The van der Waals surface area contributed by atoms with Gasteiger partial charge in [-0.1, -0.05) is 22.5 Å². The maximum absolute atomic E-state index is 14.0. The summed E-state index contributed by atoms with van der Waals surface area (Å²) in [5, 5.41) is 0. The van der Waals surface area contributed by atoms with Gasteiger partial charge in [0, 0.05) is 10.7 Å². The highest BCUT2D eigenvalue weighted by Crippen LogP contribution is 2.33. The molecule has 0 saturated carbocycles. The summed E-state index contributed by atoms with van der Waals surface area (Å²) in [5.41, 5.74) is 1.09. The lowest BCUT2D eigenvalue weighted by Gasteiger charge is -2.14. The molecule has 0 saturated heterocycles. The van der Waals surface area contributed by atoms with Gasteiger partial charge in [-0.3, -0.25) is 9.36 Å². The van der Waals surface area contributed by atoms with E-state index in [1.165, 1.54) is 12.1 Å². The summed E-state index contributed by atoms with van der Waals surface area (Å²) in [6.07, 6.45) is -4.02. The molecule has 0 aliphatic carbocycles. The molecule has 0 spiro atoms. The number of nitrogen functional groups attached to an aromatic ring is 1. The van der Waals surface area contributed by atoms with Gasteiger partial charge in [0.05, 0.1) is 5.56 Å². The van der Waals surface area contributed by atoms with Crippen LogP contribution in [-0.2, 0) is 6.18 Å². The Morgan fingerprint density at radius 2 is 2.00 bits per heavy atom. The predicted octanol–water partition coefficient (Wildman–Crippen LogP) is 3.51. The molecule has 9 heteroatoms. The largest absolute Gasteiger partial charge is 0.435 e. The molecule has 2 aromatic rings. The van der Waals surface area contributed by atoms with Crippen LogP contribution < -0.4 is 11.3 Å². The Bertz CT molecular complexity index is 814. The van der Waals surface area contributed by atoms with E-state index in [1.54, 1.807) is 0 Å². The SMILES string of the molecule is C=Cn1c(-c2ccc(Br)cc2F)nc(C(F)(F)F)c(N)c1=O. The lowest BCUT2D eigenvalue weighted by Crippen LogP contribution is -2.27. The number of alkyl halides is 3. The molecule has 0 bridgehead atoms. The summed E-state index contributed by atoms with van der Waals surface area (Å²) >= 11 is 3.03. The fourth-order valence-electron chi connectivity index (χ4n) is 1.79. The minimum absolute atomic E-state index is 0.286. The van der Waals surface area contributed by atoms with Crippen LogP contribution in [0.1, 0.15) is 5.69 Å². The zero-order valence-electron chi connectivity index (χ0n) is 10.8. The van der Waals surface area contributed by atoms with Gasteiger partial charge < -0.3 is 5.73 Å². The van der Waals surface area contributed by atoms with E-state index in [2.05, 4.69) is 27.5 Å². The van der Waals surface area contributed by atoms with E-state index in [0.717, 1.165) is 12.3 Å². The van der Waals surface area contributed by atoms with Gasteiger partial charge in [-0.2, -0.15) is 13.2 Å². The van der Waals surface area contributed by atoms with Crippen molar-refractivity contribution >= 4 is 27.8 Å². The summed E-state index contributed by atoms with van der Waals surface area (Å²) in [5.74, 6) is -1.39. The van der Waals surface area contributed by atoms with E-state index < -0.39 is 34.8 Å². The van der Waals surface area contributed by atoms with Gasteiger partial charge in [-0.05, 0) is 18.2 Å². The highest BCUT2D eigenvalue weighted by Gasteiger charge is 2.37. The second-order valence-electron chi connectivity index (χ2n) is 4.18. The molecule has 2 rings (SSSR count). The fraction of sp³-hybridized carbons (Fsp3) is 0.0769. The molecule has 4 nitrogen and oxygen atoms in total. The molecule has 0 fully saturated rings. The molecule has 1 aromatic carbocycles. The molecule has 0 aliphatic heterocycles. The van der Waals surface area contributed by atoms with Crippen molar-refractivity contribution in [3.8, 4) is 11.4 Å². The molecule has 22 heavy (non-hydrogen) atoms. The number of nitrogens with zero attached hydrogens (tertiary/aromatic N) is 2. The molecule has 0 radical (unpaired) electrons. The summed E-state index contributed by atoms with van der Waals surface area (Å²) < 4.78 is 53.7. The number of benzene rings is 1. The van der Waals surface area contributed by atoms with E-state index in [9.17, 15) is 22.4 Å². The van der Waals surface area contributed by atoms with Crippen LogP contribution in [0.2, 0.25) is 0 Å². The fourth-order valence-corrected chi connectivity index (χ4v) is 2.13. The van der Waals surface area contributed by atoms with Crippen molar-refractivity contribution in [1.82, 2.24) is 9.55 Å². The summed E-state index contributed by atoms with van der Waals surface area (Å²) in [4.78, 5) is 15.3. The van der Waals surface area contributed by atoms with Gasteiger partial charge in [-0.15, -0.1) is 0 Å². The highest BCUT2D eigenvalue weighted by molar-refractivity contribution is 9.10. The summed E-state index contributed by atoms with van der Waals surface area (Å²) in [6.45, 7) is 3.31. The molecule has 2 N–H and O–H groups in total. The van der Waals surface area contributed by atoms with Crippen molar-refractivity contribution in [3.63, 3.8) is 0 Å². The molecule has 0 amide bonds. The zero-order chi connectivity index (χ0) is 16.7. The maximum atomic E-state index is 14.0. The Morgan fingerprint density at radius 1 is 1.36 bits per heavy atom.